The monoisotopic (exact) mass is 271 g/mol. The number of oxime groups is 1. The van der Waals surface area contributed by atoms with Gasteiger partial charge in [-0.05, 0) is 12.1 Å². The van der Waals surface area contributed by atoms with E-state index < -0.39 is 17.5 Å². The quantitative estimate of drug-likeness (QED) is 0.376. The lowest BCUT2D eigenvalue weighted by Crippen LogP contribution is -2.36. The lowest BCUT2D eigenvalue weighted by molar-refractivity contribution is 0.0785. The van der Waals surface area contributed by atoms with E-state index in [1.807, 2.05) is 0 Å². The van der Waals surface area contributed by atoms with Crippen LogP contribution in [0.4, 0.5) is 8.78 Å². The van der Waals surface area contributed by atoms with Crippen molar-refractivity contribution in [3.8, 4) is 0 Å². The Morgan fingerprint density at radius 2 is 1.95 bits per heavy atom. The molecule has 0 fully saturated rings. The van der Waals surface area contributed by atoms with Gasteiger partial charge in [-0.15, -0.1) is 0 Å². The molecule has 0 aliphatic rings. The van der Waals surface area contributed by atoms with E-state index in [9.17, 15) is 13.6 Å². The first-order valence-electron chi connectivity index (χ1n) is 5.54. The smallest absolute Gasteiger partial charge is 0.253 e. The van der Waals surface area contributed by atoms with Crippen molar-refractivity contribution in [1.29, 1.82) is 0 Å². The molecule has 1 rings (SSSR count). The van der Waals surface area contributed by atoms with E-state index in [0.29, 0.717) is 6.07 Å². The first-order valence-corrected chi connectivity index (χ1v) is 5.54. The summed E-state index contributed by atoms with van der Waals surface area (Å²) in [6.45, 7) is 1.82. The molecule has 0 saturated carbocycles. The number of halogens is 2. The predicted molar refractivity (Wildman–Crippen MR) is 65.9 cm³/mol. The molecule has 19 heavy (non-hydrogen) atoms. The number of nitrogens with zero attached hydrogens (tertiary/aromatic N) is 2. The van der Waals surface area contributed by atoms with E-state index in [1.54, 1.807) is 6.92 Å². The molecule has 0 aliphatic carbocycles. The van der Waals surface area contributed by atoms with Crippen molar-refractivity contribution in [1.82, 2.24) is 4.90 Å². The Morgan fingerprint density at radius 3 is 2.42 bits per heavy atom. The molecule has 1 atom stereocenters. The van der Waals surface area contributed by atoms with Crippen molar-refractivity contribution in [2.45, 2.75) is 6.92 Å². The Kier molecular flexibility index (Phi) is 4.80. The zero-order chi connectivity index (χ0) is 14.6. The Bertz CT molecular complexity index is 485. The summed E-state index contributed by atoms with van der Waals surface area (Å²) in [6.07, 6.45) is 0. The van der Waals surface area contributed by atoms with Gasteiger partial charge in [0.25, 0.3) is 5.91 Å². The van der Waals surface area contributed by atoms with E-state index in [-0.39, 0.29) is 23.9 Å². The normalized spacial score (nSPS) is 13.2. The van der Waals surface area contributed by atoms with Gasteiger partial charge in [-0.1, -0.05) is 12.1 Å². The van der Waals surface area contributed by atoms with Gasteiger partial charge in [-0.2, -0.15) is 0 Å². The van der Waals surface area contributed by atoms with Crippen LogP contribution in [0.25, 0.3) is 0 Å². The molecule has 1 unspecified atom stereocenters. The molecule has 1 aromatic carbocycles. The highest BCUT2D eigenvalue weighted by molar-refractivity contribution is 5.94. The Labute approximate surface area is 109 Å². The predicted octanol–water partition coefficient (Wildman–Crippen LogP) is 1.42. The van der Waals surface area contributed by atoms with Crippen LogP contribution in [0.1, 0.15) is 17.3 Å². The highest BCUT2D eigenvalue weighted by Crippen LogP contribution is 2.11. The van der Waals surface area contributed by atoms with Gasteiger partial charge in [0.15, 0.2) is 0 Å². The Balaban J connectivity index is 2.82. The van der Waals surface area contributed by atoms with Gasteiger partial charge in [-0.25, -0.2) is 8.78 Å². The second-order valence-corrected chi connectivity index (χ2v) is 4.27. The SMILES string of the molecule is CC(CN(C)C(=O)c1cc(F)cc(F)c1)C(N)=NO. The maximum absolute atomic E-state index is 13.0. The molecule has 3 N–H and O–H groups in total. The molecule has 0 aliphatic heterocycles. The number of benzene rings is 1. The lowest BCUT2D eigenvalue weighted by atomic mass is 10.1. The van der Waals surface area contributed by atoms with Crippen LogP contribution < -0.4 is 5.73 Å². The van der Waals surface area contributed by atoms with E-state index in [0.717, 1.165) is 12.1 Å². The highest BCUT2D eigenvalue weighted by atomic mass is 19.1. The number of rotatable bonds is 4. The molecular weight excluding hydrogens is 256 g/mol. The number of carbonyl (C=O) groups is 1. The summed E-state index contributed by atoms with van der Waals surface area (Å²) in [5, 5.41) is 11.3. The molecular formula is C12H15F2N3O2. The number of hydrogen-bond donors (Lipinski definition) is 2. The fraction of sp³-hybridized carbons (Fsp3) is 0.333. The summed E-state index contributed by atoms with van der Waals surface area (Å²) in [5.74, 6) is -2.58. The zero-order valence-electron chi connectivity index (χ0n) is 10.6. The summed E-state index contributed by atoms with van der Waals surface area (Å²) < 4.78 is 26.0. The van der Waals surface area contributed by atoms with Crippen LogP contribution in [0.5, 0.6) is 0 Å². The third kappa shape index (κ3) is 3.90. The molecule has 5 nitrogen and oxygen atoms in total. The van der Waals surface area contributed by atoms with Gasteiger partial charge in [0.05, 0.1) is 0 Å². The van der Waals surface area contributed by atoms with Crippen LogP contribution in [0, 0.1) is 17.6 Å². The minimum absolute atomic E-state index is 0.0231. The van der Waals surface area contributed by atoms with Crippen molar-refractivity contribution in [3.05, 3.63) is 35.4 Å². The summed E-state index contributed by atoms with van der Waals surface area (Å²) in [5.41, 5.74) is 5.30. The van der Waals surface area contributed by atoms with E-state index in [2.05, 4.69) is 5.16 Å². The molecule has 0 heterocycles. The summed E-state index contributed by atoms with van der Waals surface area (Å²) in [7, 11) is 1.46. The number of carbonyl (C=O) groups excluding carboxylic acids is 1. The highest BCUT2D eigenvalue weighted by Gasteiger charge is 2.18. The van der Waals surface area contributed by atoms with E-state index >= 15 is 0 Å². The third-order valence-electron chi connectivity index (χ3n) is 2.62. The Morgan fingerprint density at radius 1 is 1.42 bits per heavy atom. The molecule has 104 valence electrons. The first-order chi connectivity index (χ1) is 8.85. The average molecular weight is 271 g/mol. The minimum atomic E-state index is -0.818. The molecule has 0 radical (unpaired) electrons. The number of nitrogens with two attached hydrogens (primary N) is 1. The zero-order valence-corrected chi connectivity index (χ0v) is 10.6. The van der Waals surface area contributed by atoms with E-state index in [4.69, 9.17) is 10.9 Å². The summed E-state index contributed by atoms with van der Waals surface area (Å²) >= 11 is 0. The second-order valence-electron chi connectivity index (χ2n) is 4.27. The van der Waals surface area contributed by atoms with E-state index in [1.165, 1.54) is 11.9 Å². The van der Waals surface area contributed by atoms with Crippen LogP contribution in [0.2, 0.25) is 0 Å². The van der Waals surface area contributed by atoms with Crippen molar-refractivity contribution < 1.29 is 18.8 Å². The molecule has 0 saturated heterocycles. The molecule has 0 bridgehead atoms. The first kappa shape index (κ1) is 14.9. The molecule has 7 heteroatoms. The van der Waals surface area contributed by atoms with Gasteiger partial charge in [0.2, 0.25) is 0 Å². The fourth-order valence-corrected chi connectivity index (χ4v) is 1.58. The van der Waals surface area contributed by atoms with Crippen molar-refractivity contribution in [2.75, 3.05) is 13.6 Å². The lowest BCUT2D eigenvalue weighted by Gasteiger charge is -2.21. The molecule has 1 amide bonds. The Hall–Kier alpha value is -2.18. The van der Waals surface area contributed by atoms with Gasteiger partial charge < -0.3 is 15.8 Å². The minimum Gasteiger partial charge on any atom is -0.409 e. The van der Waals surface area contributed by atoms with Crippen molar-refractivity contribution in [2.24, 2.45) is 16.8 Å². The van der Waals surface area contributed by atoms with Crippen LogP contribution in [-0.4, -0.2) is 35.4 Å². The summed E-state index contributed by atoms with van der Waals surface area (Å²) in [4.78, 5) is 13.2. The van der Waals surface area contributed by atoms with Crippen molar-refractivity contribution in [3.63, 3.8) is 0 Å². The van der Waals surface area contributed by atoms with Crippen LogP contribution in [0.3, 0.4) is 0 Å². The second kappa shape index (κ2) is 6.12. The largest absolute Gasteiger partial charge is 0.409 e. The van der Waals surface area contributed by atoms with Gasteiger partial charge in [0.1, 0.15) is 17.5 Å². The van der Waals surface area contributed by atoms with Crippen molar-refractivity contribution >= 4 is 11.7 Å². The average Bonchev–Trinajstić information content (AvgIpc) is 2.35. The number of hydrogen-bond acceptors (Lipinski definition) is 3. The van der Waals surface area contributed by atoms with Crippen LogP contribution >= 0.6 is 0 Å². The standard InChI is InChI=1S/C12H15F2N3O2/c1-7(11(15)16-19)6-17(2)12(18)8-3-9(13)5-10(14)4-8/h3-5,7,19H,6H2,1-2H3,(H2,15,16). The third-order valence-corrected chi connectivity index (χ3v) is 2.62. The van der Waals surface area contributed by atoms with Gasteiger partial charge in [0, 0.05) is 31.1 Å². The maximum Gasteiger partial charge on any atom is 0.253 e. The molecule has 1 aromatic rings. The van der Waals surface area contributed by atoms with Crippen LogP contribution in [0.15, 0.2) is 23.4 Å². The summed E-state index contributed by atoms with van der Waals surface area (Å²) in [6, 6.07) is 2.60. The van der Waals surface area contributed by atoms with Gasteiger partial charge >= 0.3 is 0 Å². The molecule has 0 spiro atoms. The fourth-order valence-electron chi connectivity index (χ4n) is 1.58. The molecule has 0 aromatic heterocycles. The number of amidine groups is 1. The topological polar surface area (TPSA) is 78.9 Å². The van der Waals surface area contributed by atoms with Crippen LogP contribution in [-0.2, 0) is 0 Å². The number of amides is 1. The van der Waals surface area contributed by atoms with Gasteiger partial charge in [-0.3, -0.25) is 4.79 Å². The maximum atomic E-state index is 13.0.